The van der Waals surface area contributed by atoms with Gasteiger partial charge in [-0.25, -0.2) is 8.78 Å². The second-order valence-corrected chi connectivity index (χ2v) is 6.49. The molecule has 0 saturated heterocycles. The number of nitrogens with one attached hydrogen (secondary N) is 1. The lowest BCUT2D eigenvalue weighted by Crippen LogP contribution is -2.39. The molecule has 152 valence electrons. The third-order valence-electron chi connectivity index (χ3n) is 4.10. The third-order valence-corrected chi connectivity index (χ3v) is 4.10. The fourth-order valence-electron chi connectivity index (χ4n) is 2.74. The van der Waals surface area contributed by atoms with Gasteiger partial charge in [-0.05, 0) is 31.2 Å². The molecule has 0 unspecified atom stereocenters. The molecule has 1 aromatic carbocycles. The van der Waals surface area contributed by atoms with Crippen LogP contribution in [-0.4, -0.2) is 45.2 Å². The minimum atomic E-state index is -1.07. The van der Waals surface area contributed by atoms with E-state index in [0.29, 0.717) is 5.69 Å². The molecule has 10 heteroatoms. The summed E-state index contributed by atoms with van der Waals surface area (Å²) >= 11 is 0. The number of ether oxygens (including phenoxy) is 1. The molecule has 0 aliphatic rings. The highest BCUT2D eigenvalue weighted by molar-refractivity contribution is 5.95. The Hall–Kier alpha value is -3.40. The zero-order chi connectivity index (χ0) is 21.1. The summed E-state index contributed by atoms with van der Waals surface area (Å²) in [6, 6.07) is 4.11. The van der Waals surface area contributed by atoms with Crippen molar-refractivity contribution in [1.82, 2.24) is 24.9 Å². The summed E-state index contributed by atoms with van der Waals surface area (Å²) in [5.41, 5.74) is -0.226. The van der Waals surface area contributed by atoms with Gasteiger partial charge in [0.2, 0.25) is 0 Å². The number of carbonyl (C=O) groups is 1. The lowest BCUT2D eigenvalue weighted by molar-refractivity contribution is 0.0903. The Labute approximate surface area is 164 Å². The molecule has 3 rings (SSSR count). The number of methoxy groups -OCH3 is 1. The maximum Gasteiger partial charge on any atom is 0.284 e. The summed E-state index contributed by atoms with van der Waals surface area (Å²) in [5.74, 6) is -2.72. The summed E-state index contributed by atoms with van der Waals surface area (Å²) in [4.78, 5) is 25.6. The molecular weight excluding hydrogens is 384 g/mol. The highest BCUT2D eigenvalue weighted by atomic mass is 19.2. The van der Waals surface area contributed by atoms with Crippen molar-refractivity contribution in [3.63, 3.8) is 0 Å². The fourth-order valence-corrected chi connectivity index (χ4v) is 2.74. The van der Waals surface area contributed by atoms with E-state index in [-0.39, 0.29) is 29.5 Å². The second-order valence-electron chi connectivity index (χ2n) is 6.49. The van der Waals surface area contributed by atoms with E-state index in [1.807, 2.05) is 0 Å². The average Bonchev–Trinajstić information content (AvgIpc) is 3.10. The van der Waals surface area contributed by atoms with E-state index >= 15 is 0 Å². The van der Waals surface area contributed by atoms with E-state index in [0.717, 1.165) is 16.8 Å². The first kappa shape index (κ1) is 20.3. The number of amides is 1. The third kappa shape index (κ3) is 4.37. The van der Waals surface area contributed by atoms with Crippen LogP contribution in [0.25, 0.3) is 16.9 Å². The van der Waals surface area contributed by atoms with Gasteiger partial charge in [-0.15, -0.1) is 0 Å². The molecule has 3 aromatic rings. The van der Waals surface area contributed by atoms with E-state index in [2.05, 4.69) is 15.5 Å². The predicted molar refractivity (Wildman–Crippen MR) is 101 cm³/mol. The number of benzene rings is 1. The molecule has 29 heavy (non-hydrogen) atoms. The molecular formula is C19H19F2N5O3. The summed E-state index contributed by atoms with van der Waals surface area (Å²) in [6.07, 6.45) is 2.94. The highest BCUT2D eigenvalue weighted by Gasteiger charge is 2.20. The van der Waals surface area contributed by atoms with Crippen molar-refractivity contribution in [3.05, 3.63) is 64.2 Å². The number of carbonyl (C=O) groups excluding carboxylic acids is 1. The molecule has 0 saturated carbocycles. The van der Waals surface area contributed by atoms with Gasteiger partial charge in [0.1, 0.15) is 11.3 Å². The molecule has 2 aromatic heterocycles. The monoisotopic (exact) mass is 403 g/mol. The number of hydrogen-bond acceptors (Lipinski definition) is 5. The van der Waals surface area contributed by atoms with Gasteiger partial charge in [0.05, 0.1) is 24.7 Å². The SMILES string of the molecule is COC[C@H](C)NC(=O)c1cc(-c2ccc(F)c(F)c2)nn(-c2cnn(C)c2)c1=O. The van der Waals surface area contributed by atoms with Crippen molar-refractivity contribution in [2.24, 2.45) is 7.05 Å². The smallest absolute Gasteiger partial charge is 0.284 e. The fraction of sp³-hybridized carbons (Fsp3) is 0.263. The van der Waals surface area contributed by atoms with Crippen molar-refractivity contribution in [2.75, 3.05) is 13.7 Å². The first-order valence-corrected chi connectivity index (χ1v) is 8.68. The Balaban J connectivity index is 2.15. The van der Waals surface area contributed by atoms with Crippen LogP contribution in [0, 0.1) is 11.6 Å². The molecule has 1 atom stereocenters. The van der Waals surface area contributed by atoms with Crippen LogP contribution in [0.2, 0.25) is 0 Å². The van der Waals surface area contributed by atoms with E-state index < -0.39 is 23.1 Å². The van der Waals surface area contributed by atoms with Crippen LogP contribution >= 0.6 is 0 Å². The number of aromatic nitrogens is 4. The van der Waals surface area contributed by atoms with Gasteiger partial charge in [-0.2, -0.15) is 14.9 Å². The molecule has 0 bridgehead atoms. The molecule has 8 nitrogen and oxygen atoms in total. The van der Waals surface area contributed by atoms with Gasteiger partial charge >= 0.3 is 0 Å². The first-order valence-electron chi connectivity index (χ1n) is 8.68. The number of hydrogen-bond donors (Lipinski definition) is 1. The molecule has 0 aliphatic heterocycles. The van der Waals surface area contributed by atoms with Crippen molar-refractivity contribution in [2.45, 2.75) is 13.0 Å². The number of nitrogens with zero attached hydrogens (tertiary/aromatic N) is 4. The molecule has 2 heterocycles. The minimum absolute atomic E-state index is 0.122. The van der Waals surface area contributed by atoms with Crippen LogP contribution in [0.1, 0.15) is 17.3 Å². The standard InChI is InChI=1S/C19H19F2N5O3/c1-11(10-29-3)23-18(27)14-7-17(12-4-5-15(20)16(21)6-12)24-26(19(14)28)13-8-22-25(2)9-13/h4-9,11H,10H2,1-3H3,(H,23,27)/t11-/m0/s1. The van der Waals surface area contributed by atoms with Crippen LogP contribution in [0.15, 0.2) is 41.5 Å². The van der Waals surface area contributed by atoms with E-state index in [1.54, 1.807) is 20.2 Å². The Morgan fingerprint density at radius 2 is 2.03 bits per heavy atom. The second kappa shape index (κ2) is 8.31. The van der Waals surface area contributed by atoms with Gasteiger partial charge < -0.3 is 10.1 Å². The van der Waals surface area contributed by atoms with Gasteiger partial charge in [-0.3, -0.25) is 14.3 Å². The lowest BCUT2D eigenvalue weighted by Gasteiger charge is -2.14. The van der Waals surface area contributed by atoms with Crippen LogP contribution in [0.3, 0.4) is 0 Å². The highest BCUT2D eigenvalue weighted by Crippen LogP contribution is 2.20. The number of aryl methyl sites for hydroxylation is 1. The van der Waals surface area contributed by atoms with Crippen molar-refractivity contribution in [3.8, 4) is 16.9 Å². The number of halogens is 2. The van der Waals surface area contributed by atoms with Crippen molar-refractivity contribution in [1.29, 1.82) is 0 Å². The van der Waals surface area contributed by atoms with Crippen molar-refractivity contribution < 1.29 is 18.3 Å². The maximum atomic E-state index is 13.7. The topological polar surface area (TPSA) is 91.0 Å². The Morgan fingerprint density at radius 3 is 2.66 bits per heavy atom. The minimum Gasteiger partial charge on any atom is -0.383 e. The molecule has 0 spiro atoms. The zero-order valence-corrected chi connectivity index (χ0v) is 16.0. The Kier molecular flexibility index (Phi) is 5.83. The molecule has 0 aliphatic carbocycles. The molecule has 1 amide bonds. The first-order chi connectivity index (χ1) is 13.8. The van der Waals surface area contributed by atoms with Crippen LogP contribution in [0.5, 0.6) is 0 Å². The van der Waals surface area contributed by atoms with Gasteiger partial charge in [0.15, 0.2) is 11.6 Å². The largest absolute Gasteiger partial charge is 0.383 e. The van der Waals surface area contributed by atoms with Gasteiger partial charge in [-0.1, -0.05) is 0 Å². The molecule has 1 N–H and O–H groups in total. The predicted octanol–water partition coefficient (Wildman–Crippen LogP) is 1.68. The summed E-state index contributed by atoms with van der Waals surface area (Å²) < 4.78 is 34.5. The van der Waals surface area contributed by atoms with E-state index in [4.69, 9.17) is 4.74 Å². The van der Waals surface area contributed by atoms with Crippen LogP contribution < -0.4 is 10.9 Å². The van der Waals surface area contributed by atoms with Crippen LogP contribution in [-0.2, 0) is 11.8 Å². The summed E-state index contributed by atoms with van der Waals surface area (Å²) in [7, 11) is 3.15. The lowest BCUT2D eigenvalue weighted by atomic mass is 10.1. The average molecular weight is 403 g/mol. The van der Waals surface area contributed by atoms with Gasteiger partial charge in [0, 0.05) is 25.8 Å². The van der Waals surface area contributed by atoms with Crippen LogP contribution in [0.4, 0.5) is 8.78 Å². The summed E-state index contributed by atoms with van der Waals surface area (Å²) in [5, 5.41) is 10.9. The normalized spacial score (nSPS) is 12.0. The van der Waals surface area contributed by atoms with E-state index in [1.165, 1.54) is 30.1 Å². The zero-order valence-electron chi connectivity index (χ0n) is 16.0. The van der Waals surface area contributed by atoms with Crippen molar-refractivity contribution >= 4 is 5.91 Å². The van der Waals surface area contributed by atoms with Gasteiger partial charge in [0.25, 0.3) is 11.5 Å². The molecule has 0 radical (unpaired) electrons. The molecule has 0 fully saturated rings. The Bertz CT molecular complexity index is 1110. The summed E-state index contributed by atoms with van der Waals surface area (Å²) in [6.45, 7) is 1.97. The number of rotatable bonds is 6. The van der Waals surface area contributed by atoms with E-state index in [9.17, 15) is 18.4 Å². The quantitative estimate of drug-likeness (QED) is 0.676. The Morgan fingerprint density at radius 1 is 1.28 bits per heavy atom. The maximum absolute atomic E-state index is 13.7.